The van der Waals surface area contributed by atoms with Gasteiger partial charge in [0, 0.05) is 17.2 Å². The standard InChI is InChI=1S/C23H24N6O2S2/c1-13-26-22(28-27-13)33-19-8-5-14(9-18(19)29(30)31)12-25-21-17(11-24)16-7-6-15(23(2,3)4)10-20(16)32-21/h5,8-9,12,15H,6-7,10H2,1-4H3,(H,26,27,28)/t15-/m1/s1. The fourth-order valence-electron chi connectivity index (χ4n) is 3.96. The molecule has 1 aliphatic carbocycles. The molecule has 0 aliphatic heterocycles. The number of aromatic amines is 1. The van der Waals surface area contributed by atoms with Gasteiger partial charge in [0.15, 0.2) is 0 Å². The summed E-state index contributed by atoms with van der Waals surface area (Å²) >= 11 is 2.70. The second-order valence-electron chi connectivity index (χ2n) is 9.15. The zero-order valence-corrected chi connectivity index (χ0v) is 20.5. The summed E-state index contributed by atoms with van der Waals surface area (Å²) in [5.41, 5.74) is 2.54. The van der Waals surface area contributed by atoms with Crippen molar-refractivity contribution in [3.63, 3.8) is 0 Å². The predicted molar refractivity (Wildman–Crippen MR) is 130 cm³/mol. The van der Waals surface area contributed by atoms with Crippen molar-refractivity contribution in [3.8, 4) is 6.07 Å². The van der Waals surface area contributed by atoms with Crippen LogP contribution in [0.1, 0.15) is 54.6 Å². The Kier molecular flexibility index (Phi) is 6.36. The molecule has 0 fully saturated rings. The molecule has 1 atom stereocenters. The highest BCUT2D eigenvalue weighted by atomic mass is 32.2. The van der Waals surface area contributed by atoms with Gasteiger partial charge in [0.1, 0.15) is 16.9 Å². The molecule has 0 saturated carbocycles. The molecule has 0 unspecified atom stereocenters. The van der Waals surface area contributed by atoms with Crippen molar-refractivity contribution >= 4 is 40.0 Å². The largest absolute Gasteiger partial charge is 0.283 e. The molecule has 0 saturated heterocycles. The molecule has 8 nitrogen and oxygen atoms in total. The summed E-state index contributed by atoms with van der Waals surface area (Å²) < 4.78 is 0. The van der Waals surface area contributed by atoms with Crippen LogP contribution in [0, 0.1) is 39.7 Å². The van der Waals surface area contributed by atoms with Crippen molar-refractivity contribution in [1.82, 2.24) is 15.2 Å². The van der Waals surface area contributed by atoms with Gasteiger partial charge in [0.2, 0.25) is 5.16 Å². The summed E-state index contributed by atoms with van der Waals surface area (Å²) in [5.74, 6) is 1.22. The number of nitrogens with one attached hydrogen (secondary N) is 1. The average molecular weight is 481 g/mol. The van der Waals surface area contributed by atoms with Crippen molar-refractivity contribution in [2.75, 3.05) is 0 Å². The lowest BCUT2D eigenvalue weighted by atomic mass is 9.72. The Hall–Kier alpha value is -3.03. The minimum absolute atomic E-state index is 0.0367. The topological polar surface area (TPSA) is 121 Å². The number of rotatable bonds is 5. The van der Waals surface area contributed by atoms with Gasteiger partial charge in [-0.05, 0) is 66.5 Å². The van der Waals surface area contributed by atoms with Gasteiger partial charge >= 0.3 is 0 Å². The van der Waals surface area contributed by atoms with Crippen molar-refractivity contribution in [1.29, 1.82) is 5.26 Å². The molecular weight excluding hydrogens is 456 g/mol. The van der Waals surface area contributed by atoms with Crippen LogP contribution in [0.3, 0.4) is 0 Å². The number of nitriles is 1. The van der Waals surface area contributed by atoms with Gasteiger partial charge in [0.25, 0.3) is 5.69 Å². The maximum Gasteiger partial charge on any atom is 0.283 e. The molecule has 1 N–H and O–H groups in total. The predicted octanol–water partition coefficient (Wildman–Crippen LogP) is 6.01. The maximum atomic E-state index is 11.6. The molecule has 0 radical (unpaired) electrons. The Morgan fingerprint density at radius 2 is 2.21 bits per heavy atom. The Morgan fingerprint density at radius 1 is 1.42 bits per heavy atom. The van der Waals surface area contributed by atoms with E-state index in [1.165, 1.54) is 10.9 Å². The fourth-order valence-corrected chi connectivity index (χ4v) is 6.03. The second-order valence-corrected chi connectivity index (χ2v) is 11.2. The maximum absolute atomic E-state index is 11.6. The molecule has 2 aromatic heterocycles. The molecule has 0 spiro atoms. The number of hydrogen-bond acceptors (Lipinski definition) is 8. The first-order valence-electron chi connectivity index (χ1n) is 10.6. The summed E-state index contributed by atoms with van der Waals surface area (Å²) in [6, 6.07) is 7.26. The van der Waals surface area contributed by atoms with Gasteiger partial charge in [-0.2, -0.15) is 5.26 Å². The van der Waals surface area contributed by atoms with E-state index in [-0.39, 0.29) is 11.1 Å². The minimum atomic E-state index is -0.420. The fraction of sp³-hybridized carbons (Fsp3) is 0.391. The average Bonchev–Trinajstić information content (AvgIpc) is 3.33. The number of nitrogens with zero attached hydrogens (tertiary/aromatic N) is 5. The van der Waals surface area contributed by atoms with E-state index in [9.17, 15) is 15.4 Å². The van der Waals surface area contributed by atoms with Gasteiger partial charge in [-0.3, -0.25) is 15.2 Å². The van der Waals surface area contributed by atoms with Crippen LogP contribution in [0.5, 0.6) is 0 Å². The SMILES string of the molecule is Cc1nc(Sc2ccc(C=Nc3sc4c(c3C#N)CC[C@@H](C(C)(C)C)C4)cc2[N+](=O)[O-])n[nH]1. The summed E-state index contributed by atoms with van der Waals surface area (Å²) in [4.78, 5) is 21.7. The number of nitro groups is 1. The Labute approximate surface area is 200 Å². The highest BCUT2D eigenvalue weighted by Gasteiger charge is 2.32. The summed E-state index contributed by atoms with van der Waals surface area (Å²) in [6.07, 6.45) is 4.52. The zero-order chi connectivity index (χ0) is 23.8. The van der Waals surface area contributed by atoms with E-state index < -0.39 is 4.92 Å². The van der Waals surface area contributed by atoms with Crippen LogP contribution in [0.15, 0.2) is 33.2 Å². The molecule has 33 heavy (non-hydrogen) atoms. The lowest BCUT2D eigenvalue weighted by Crippen LogP contribution is -2.26. The van der Waals surface area contributed by atoms with E-state index in [0.717, 1.165) is 36.6 Å². The summed E-state index contributed by atoms with van der Waals surface area (Å²) in [6.45, 7) is 8.56. The van der Waals surface area contributed by atoms with Crippen LogP contribution < -0.4 is 0 Å². The van der Waals surface area contributed by atoms with Crippen molar-refractivity contribution in [3.05, 3.63) is 55.7 Å². The van der Waals surface area contributed by atoms with Crippen LogP contribution >= 0.6 is 23.1 Å². The molecule has 0 amide bonds. The molecule has 10 heteroatoms. The number of nitro benzene ring substituents is 1. The number of H-pyrrole nitrogens is 1. The van der Waals surface area contributed by atoms with Crippen molar-refractivity contribution in [2.24, 2.45) is 16.3 Å². The number of thiophene rings is 1. The van der Waals surface area contributed by atoms with E-state index in [4.69, 9.17) is 0 Å². The third-order valence-corrected chi connectivity index (χ3v) is 7.96. The number of fused-ring (bicyclic) bond motifs is 1. The lowest BCUT2D eigenvalue weighted by Gasteiger charge is -2.33. The molecule has 3 aromatic rings. The quantitative estimate of drug-likeness (QED) is 0.271. The third-order valence-electron chi connectivity index (χ3n) is 5.87. The summed E-state index contributed by atoms with van der Waals surface area (Å²) in [7, 11) is 0. The molecule has 1 aliphatic rings. The van der Waals surface area contributed by atoms with Crippen LogP contribution in [-0.2, 0) is 12.8 Å². The molecule has 1 aromatic carbocycles. The van der Waals surface area contributed by atoms with Crippen LogP contribution in [-0.4, -0.2) is 26.3 Å². The van der Waals surface area contributed by atoms with Crippen molar-refractivity contribution < 1.29 is 4.92 Å². The van der Waals surface area contributed by atoms with Crippen LogP contribution in [0.25, 0.3) is 0 Å². The minimum Gasteiger partial charge on any atom is -0.262 e. The Bertz CT molecular complexity index is 1280. The Balaban J connectivity index is 1.60. The molecular formula is C23H24N6O2S2. The second kappa shape index (κ2) is 9.08. The molecule has 2 heterocycles. The smallest absolute Gasteiger partial charge is 0.262 e. The summed E-state index contributed by atoms with van der Waals surface area (Å²) in [5, 5.41) is 29.3. The van der Waals surface area contributed by atoms with E-state index in [2.05, 4.69) is 47.0 Å². The Morgan fingerprint density at radius 3 is 2.85 bits per heavy atom. The monoisotopic (exact) mass is 480 g/mol. The number of hydrogen-bond donors (Lipinski definition) is 1. The highest BCUT2D eigenvalue weighted by molar-refractivity contribution is 7.99. The van der Waals surface area contributed by atoms with Gasteiger partial charge in [-0.25, -0.2) is 9.98 Å². The highest BCUT2D eigenvalue weighted by Crippen LogP contribution is 2.45. The first kappa shape index (κ1) is 23.1. The van der Waals surface area contributed by atoms with Gasteiger partial charge in [-0.15, -0.1) is 16.4 Å². The van der Waals surface area contributed by atoms with Gasteiger partial charge in [-0.1, -0.05) is 26.8 Å². The van der Waals surface area contributed by atoms with Gasteiger partial charge in [0.05, 0.1) is 15.4 Å². The molecule has 4 rings (SSSR count). The number of aryl methyl sites for hydroxylation is 1. The van der Waals surface area contributed by atoms with Gasteiger partial charge < -0.3 is 0 Å². The first-order valence-corrected chi connectivity index (χ1v) is 12.2. The van der Waals surface area contributed by atoms with Crippen LogP contribution in [0.2, 0.25) is 0 Å². The molecule has 170 valence electrons. The number of benzene rings is 1. The number of aromatic nitrogens is 3. The lowest BCUT2D eigenvalue weighted by molar-refractivity contribution is -0.387. The third kappa shape index (κ3) is 4.99. The normalized spacial score (nSPS) is 16.0. The van der Waals surface area contributed by atoms with Crippen molar-refractivity contribution in [2.45, 2.75) is 57.0 Å². The zero-order valence-electron chi connectivity index (χ0n) is 18.9. The van der Waals surface area contributed by atoms with E-state index >= 15 is 0 Å². The first-order chi connectivity index (χ1) is 15.7. The number of aliphatic imine (C=N–C) groups is 1. The molecule has 0 bridgehead atoms. The van der Waals surface area contributed by atoms with E-state index in [1.54, 1.807) is 36.6 Å². The van der Waals surface area contributed by atoms with E-state index in [1.807, 2.05) is 0 Å². The van der Waals surface area contributed by atoms with Crippen LogP contribution in [0.4, 0.5) is 10.7 Å². The van der Waals surface area contributed by atoms with E-state index in [0.29, 0.717) is 37.9 Å².